The summed E-state index contributed by atoms with van der Waals surface area (Å²) in [5, 5.41) is 0. The van der Waals surface area contributed by atoms with Crippen LogP contribution in [-0.4, -0.2) is 24.6 Å². The van der Waals surface area contributed by atoms with E-state index in [4.69, 9.17) is 5.73 Å². The summed E-state index contributed by atoms with van der Waals surface area (Å²) < 4.78 is 4.60. The maximum Gasteiger partial charge on any atom is 0.316 e. The number of nitrogens with zero attached hydrogens (tertiary/aromatic N) is 1. The lowest BCUT2D eigenvalue weighted by Gasteiger charge is -2.10. The summed E-state index contributed by atoms with van der Waals surface area (Å²) in [7, 11) is 1.34. The number of nitrogens with two attached hydrogens (primary N) is 1. The van der Waals surface area contributed by atoms with Crippen molar-refractivity contribution in [3.8, 4) is 0 Å². The first-order valence-corrected chi connectivity index (χ1v) is 3.98. The topological polar surface area (TPSA) is 65.2 Å². The first kappa shape index (κ1) is 9.67. The van der Waals surface area contributed by atoms with Gasteiger partial charge in [0.1, 0.15) is 5.92 Å². The van der Waals surface area contributed by atoms with Gasteiger partial charge in [-0.05, 0) is 12.1 Å². The minimum absolute atomic E-state index is 0.212. The van der Waals surface area contributed by atoms with Crippen LogP contribution < -0.4 is 5.73 Å². The van der Waals surface area contributed by atoms with Gasteiger partial charge in [0.15, 0.2) is 0 Å². The van der Waals surface area contributed by atoms with E-state index < -0.39 is 5.92 Å². The summed E-state index contributed by atoms with van der Waals surface area (Å²) in [6.07, 6.45) is 1.63. The van der Waals surface area contributed by atoms with Crippen molar-refractivity contribution < 1.29 is 9.53 Å². The van der Waals surface area contributed by atoms with Crippen molar-refractivity contribution in [1.82, 2.24) is 4.98 Å². The van der Waals surface area contributed by atoms with Gasteiger partial charge in [-0.15, -0.1) is 0 Å². The molecule has 4 heteroatoms. The Hall–Kier alpha value is -1.42. The van der Waals surface area contributed by atoms with Gasteiger partial charge < -0.3 is 10.5 Å². The van der Waals surface area contributed by atoms with Crippen LogP contribution in [0.4, 0.5) is 0 Å². The SMILES string of the molecule is COC(=O)C(CN)c1ccccn1. The Morgan fingerprint density at radius 2 is 2.46 bits per heavy atom. The van der Waals surface area contributed by atoms with Crippen LogP contribution in [0.15, 0.2) is 24.4 Å². The minimum Gasteiger partial charge on any atom is -0.468 e. The van der Waals surface area contributed by atoms with Crippen LogP contribution in [0.1, 0.15) is 11.6 Å². The third-order valence-corrected chi connectivity index (χ3v) is 1.77. The summed E-state index contributed by atoms with van der Waals surface area (Å²) in [6.45, 7) is 0.212. The number of pyridine rings is 1. The van der Waals surface area contributed by atoms with Crippen molar-refractivity contribution >= 4 is 5.97 Å². The molecule has 4 nitrogen and oxygen atoms in total. The molecule has 0 bridgehead atoms. The summed E-state index contributed by atoms with van der Waals surface area (Å²) in [6, 6.07) is 5.36. The fourth-order valence-corrected chi connectivity index (χ4v) is 1.06. The lowest BCUT2D eigenvalue weighted by molar-refractivity contribution is -0.142. The molecule has 1 aromatic rings. The second-order valence-electron chi connectivity index (χ2n) is 2.57. The van der Waals surface area contributed by atoms with Gasteiger partial charge in [0.25, 0.3) is 0 Å². The van der Waals surface area contributed by atoms with E-state index in [0.29, 0.717) is 5.69 Å². The summed E-state index contributed by atoms with van der Waals surface area (Å²) in [5.41, 5.74) is 6.09. The van der Waals surface area contributed by atoms with E-state index in [1.54, 1.807) is 18.3 Å². The predicted octanol–water partition coefficient (Wildman–Crippen LogP) is 0.297. The molecule has 1 atom stereocenters. The van der Waals surface area contributed by atoms with Crippen LogP contribution in [0.2, 0.25) is 0 Å². The molecule has 0 aliphatic heterocycles. The largest absolute Gasteiger partial charge is 0.468 e. The highest BCUT2D eigenvalue weighted by molar-refractivity contribution is 5.77. The molecule has 0 aliphatic rings. The Bertz CT molecular complexity index is 274. The van der Waals surface area contributed by atoms with Gasteiger partial charge in [-0.25, -0.2) is 0 Å². The molecule has 13 heavy (non-hydrogen) atoms. The van der Waals surface area contributed by atoms with E-state index in [2.05, 4.69) is 9.72 Å². The van der Waals surface area contributed by atoms with E-state index in [1.807, 2.05) is 6.07 Å². The number of methoxy groups -OCH3 is 1. The zero-order valence-electron chi connectivity index (χ0n) is 7.43. The molecule has 1 aromatic heterocycles. The quantitative estimate of drug-likeness (QED) is 0.679. The Morgan fingerprint density at radius 1 is 1.69 bits per heavy atom. The first-order valence-electron chi connectivity index (χ1n) is 3.98. The second kappa shape index (κ2) is 4.57. The Morgan fingerprint density at radius 3 is 2.92 bits per heavy atom. The van der Waals surface area contributed by atoms with Gasteiger partial charge in [-0.1, -0.05) is 6.07 Å². The molecule has 0 radical (unpaired) electrons. The van der Waals surface area contributed by atoms with Gasteiger partial charge in [0.2, 0.25) is 0 Å². The molecule has 0 aromatic carbocycles. The molecule has 0 aliphatic carbocycles. The maximum atomic E-state index is 11.2. The van der Waals surface area contributed by atoms with Crippen LogP contribution in [0, 0.1) is 0 Å². The van der Waals surface area contributed by atoms with Crippen LogP contribution >= 0.6 is 0 Å². The molecule has 1 unspecified atom stereocenters. The van der Waals surface area contributed by atoms with Crippen molar-refractivity contribution in [3.63, 3.8) is 0 Å². The molecular weight excluding hydrogens is 168 g/mol. The molecule has 1 heterocycles. The van der Waals surface area contributed by atoms with E-state index in [0.717, 1.165) is 0 Å². The minimum atomic E-state index is -0.453. The van der Waals surface area contributed by atoms with Crippen LogP contribution in [-0.2, 0) is 9.53 Å². The van der Waals surface area contributed by atoms with Crippen molar-refractivity contribution in [3.05, 3.63) is 30.1 Å². The van der Waals surface area contributed by atoms with Gasteiger partial charge in [-0.3, -0.25) is 9.78 Å². The molecule has 70 valence electrons. The first-order chi connectivity index (χ1) is 6.29. The highest BCUT2D eigenvalue weighted by Gasteiger charge is 2.20. The Balaban J connectivity index is 2.85. The monoisotopic (exact) mass is 180 g/mol. The van der Waals surface area contributed by atoms with Crippen LogP contribution in [0.5, 0.6) is 0 Å². The molecule has 0 saturated heterocycles. The number of esters is 1. The van der Waals surface area contributed by atoms with Crippen molar-refractivity contribution in [2.75, 3.05) is 13.7 Å². The molecule has 2 N–H and O–H groups in total. The van der Waals surface area contributed by atoms with E-state index in [1.165, 1.54) is 7.11 Å². The van der Waals surface area contributed by atoms with Crippen LogP contribution in [0.3, 0.4) is 0 Å². The lowest BCUT2D eigenvalue weighted by Crippen LogP contribution is -2.23. The number of aromatic nitrogens is 1. The summed E-state index contributed by atoms with van der Waals surface area (Å²) >= 11 is 0. The molecule has 0 amide bonds. The summed E-state index contributed by atoms with van der Waals surface area (Å²) in [5.74, 6) is -0.799. The van der Waals surface area contributed by atoms with Gasteiger partial charge in [-0.2, -0.15) is 0 Å². The van der Waals surface area contributed by atoms with E-state index >= 15 is 0 Å². The highest BCUT2D eigenvalue weighted by Crippen LogP contribution is 2.12. The number of ether oxygens (including phenoxy) is 1. The second-order valence-corrected chi connectivity index (χ2v) is 2.57. The fraction of sp³-hybridized carbons (Fsp3) is 0.333. The van der Waals surface area contributed by atoms with Crippen molar-refractivity contribution in [2.45, 2.75) is 5.92 Å². The average Bonchev–Trinajstić information content (AvgIpc) is 2.20. The van der Waals surface area contributed by atoms with Crippen molar-refractivity contribution in [1.29, 1.82) is 0 Å². The smallest absolute Gasteiger partial charge is 0.316 e. The average molecular weight is 180 g/mol. The standard InChI is InChI=1S/C9H12N2O2/c1-13-9(12)7(6-10)8-4-2-3-5-11-8/h2-5,7H,6,10H2,1H3. The van der Waals surface area contributed by atoms with Crippen molar-refractivity contribution in [2.24, 2.45) is 5.73 Å². The van der Waals surface area contributed by atoms with Crippen LogP contribution in [0.25, 0.3) is 0 Å². The van der Waals surface area contributed by atoms with Gasteiger partial charge in [0, 0.05) is 12.7 Å². The zero-order chi connectivity index (χ0) is 9.68. The number of hydrogen-bond acceptors (Lipinski definition) is 4. The predicted molar refractivity (Wildman–Crippen MR) is 48.0 cm³/mol. The molecule has 0 fully saturated rings. The lowest BCUT2D eigenvalue weighted by atomic mass is 10.1. The normalized spacial score (nSPS) is 12.2. The van der Waals surface area contributed by atoms with Gasteiger partial charge >= 0.3 is 5.97 Å². The number of carbonyl (C=O) groups excluding carboxylic acids is 1. The number of carbonyl (C=O) groups is 1. The number of rotatable bonds is 3. The fourth-order valence-electron chi connectivity index (χ4n) is 1.06. The third kappa shape index (κ3) is 2.26. The number of hydrogen-bond donors (Lipinski definition) is 1. The zero-order valence-corrected chi connectivity index (χ0v) is 7.43. The van der Waals surface area contributed by atoms with E-state index in [-0.39, 0.29) is 12.5 Å². The Labute approximate surface area is 76.7 Å². The molecule has 0 saturated carbocycles. The molecule has 1 rings (SSSR count). The third-order valence-electron chi connectivity index (χ3n) is 1.77. The Kier molecular flexibility index (Phi) is 3.40. The molecule has 0 spiro atoms. The van der Waals surface area contributed by atoms with E-state index in [9.17, 15) is 4.79 Å². The van der Waals surface area contributed by atoms with Gasteiger partial charge in [0.05, 0.1) is 12.8 Å². The maximum absolute atomic E-state index is 11.2. The highest BCUT2D eigenvalue weighted by atomic mass is 16.5. The summed E-state index contributed by atoms with van der Waals surface area (Å²) in [4.78, 5) is 15.2. The molecular formula is C9H12N2O2.